The van der Waals surface area contributed by atoms with Crippen LogP contribution in [0.3, 0.4) is 0 Å². The van der Waals surface area contributed by atoms with Gasteiger partial charge in [0.15, 0.2) is 0 Å². The van der Waals surface area contributed by atoms with Crippen LogP contribution in [0.2, 0.25) is 0 Å². The third-order valence-corrected chi connectivity index (χ3v) is 4.98. The molecule has 6 nitrogen and oxygen atoms in total. The molecule has 0 spiro atoms. The van der Waals surface area contributed by atoms with Crippen LogP contribution in [0.1, 0.15) is 16.7 Å². The molecule has 0 unspecified atom stereocenters. The summed E-state index contributed by atoms with van der Waals surface area (Å²) >= 11 is 3.49. The SMILES string of the molecule is Cc1cccc(CN2CCN(Cc3ccc(Br)cc3)CC2)c1.O=C(O)C(=O)O. The number of aliphatic carboxylic acids is 2. The van der Waals surface area contributed by atoms with Gasteiger partial charge in [0.25, 0.3) is 0 Å². The summed E-state index contributed by atoms with van der Waals surface area (Å²) in [5.74, 6) is -3.65. The number of halogens is 1. The van der Waals surface area contributed by atoms with Gasteiger partial charge in [-0.1, -0.05) is 57.9 Å². The zero-order valence-corrected chi connectivity index (χ0v) is 17.4. The highest BCUT2D eigenvalue weighted by molar-refractivity contribution is 9.10. The van der Waals surface area contributed by atoms with Crippen molar-refractivity contribution < 1.29 is 19.8 Å². The van der Waals surface area contributed by atoms with E-state index in [0.29, 0.717) is 0 Å². The van der Waals surface area contributed by atoms with E-state index in [1.54, 1.807) is 0 Å². The topological polar surface area (TPSA) is 81.1 Å². The summed E-state index contributed by atoms with van der Waals surface area (Å²) in [6, 6.07) is 17.5. The van der Waals surface area contributed by atoms with Crippen molar-refractivity contribution in [2.24, 2.45) is 0 Å². The van der Waals surface area contributed by atoms with Crippen molar-refractivity contribution in [3.8, 4) is 0 Å². The zero-order valence-electron chi connectivity index (χ0n) is 15.8. The number of carboxylic acids is 2. The van der Waals surface area contributed by atoms with Crippen LogP contribution in [0, 0.1) is 6.92 Å². The molecule has 1 fully saturated rings. The van der Waals surface area contributed by atoms with Crippen LogP contribution in [-0.2, 0) is 22.7 Å². The lowest BCUT2D eigenvalue weighted by molar-refractivity contribution is -0.159. The highest BCUT2D eigenvalue weighted by atomic mass is 79.9. The standard InChI is InChI=1S/C19H23BrN2.C2H2O4/c1-16-3-2-4-18(13-16)15-22-11-9-21(10-12-22)14-17-5-7-19(20)8-6-17;3-1(4)2(5)6/h2-8,13H,9-12,14-15H2,1H3;(H,3,4)(H,5,6). The number of hydrogen-bond acceptors (Lipinski definition) is 4. The first-order chi connectivity index (χ1) is 13.3. The Balaban J connectivity index is 0.000000409. The Morgan fingerprint density at radius 1 is 0.857 bits per heavy atom. The molecule has 150 valence electrons. The molecular weight excluding hydrogens is 424 g/mol. The lowest BCUT2D eigenvalue weighted by atomic mass is 10.1. The van der Waals surface area contributed by atoms with Crippen molar-refractivity contribution in [3.05, 3.63) is 69.7 Å². The van der Waals surface area contributed by atoms with Gasteiger partial charge in [0.05, 0.1) is 0 Å². The second-order valence-corrected chi connectivity index (χ2v) is 7.69. The monoisotopic (exact) mass is 448 g/mol. The van der Waals surface area contributed by atoms with E-state index in [0.717, 1.165) is 43.7 Å². The van der Waals surface area contributed by atoms with E-state index < -0.39 is 11.9 Å². The maximum Gasteiger partial charge on any atom is 0.414 e. The fourth-order valence-electron chi connectivity index (χ4n) is 3.02. The minimum Gasteiger partial charge on any atom is -0.473 e. The predicted molar refractivity (Wildman–Crippen MR) is 111 cm³/mol. The van der Waals surface area contributed by atoms with Gasteiger partial charge in [-0.15, -0.1) is 0 Å². The second-order valence-electron chi connectivity index (χ2n) is 6.78. The molecule has 2 N–H and O–H groups in total. The number of aryl methyl sites for hydroxylation is 1. The Kier molecular flexibility index (Phi) is 8.63. The molecule has 28 heavy (non-hydrogen) atoms. The zero-order chi connectivity index (χ0) is 20.5. The van der Waals surface area contributed by atoms with Gasteiger partial charge in [0, 0.05) is 43.7 Å². The Bertz CT molecular complexity index is 775. The van der Waals surface area contributed by atoms with E-state index in [9.17, 15) is 0 Å². The Hall–Kier alpha value is -2.22. The van der Waals surface area contributed by atoms with Gasteiger partial charge >= 0.3 is 11.9 Å². The number of hydrogen-bond donors (Lipinski definition) is 2. The molecule has 2 aromatic rings. The van der Waals surface area contributed by atoms with E-state index in [4.69, 9.17) is 19.8 Å². The van der Waals surface area contributed by atoms with E-state index in [1.807, 2.05) is 0 Å². The molecule has 0 atom stereocenters. The molecule has 0 radical (unpaired) electrons. The van der Waals surface area contributed by atoms with E-state index in [-0.39, 0.29) is 0 Å². The highest BCUT2D eigenvalue weighted by Gasteiger charge is 2.17. The molecule has 1 aliphatic heterocycles. The number of rotatable bonds is 4. The largest absolute Gasteiger partial charge is 0.473 e. The van der Waals surface area contributed by atoms with Crippen molar-refractivity contribution in [1.29, 1.82) is 0 Å². The molecule has 0 bridgehead atoms. The second kappa shape index (κ2) is 10.9. The van der Waals surface area contributed by atoms with Crippen LogP contribution in [0.25, 0.3) is 0 Å². The molecule has 0 aromatic heterocycles. The molecule has 0 amide bonds. The van der Waals surface area contributed by atoms with Crippen LogP contribution < -0.4 is 0 Å². The predicted octanol–water partition coefficient (Wildman–Crippen LogP) is 3.23. The van der Waals surface area contributed by atoms with Gasteiger partial charge in [-0.2, -0.15) is 0 Å². The maximum atomic E-state index is 9.10. The molecule has 3 rings (SSSR count). The normalized spacial score (nSPS) is 14.8. The molecule has 1 heterocycles. The number of carbonyl (C=O) groups is 2. The van der Waals surface area contributed by atoms with Gasteiger partial charge in [-0.25, -0.2) is 9.59 Å². The van der Waals surface area contributed by atoms with Crippen molar-refractivity contribution in [2.45, 2.75) is 20.0 Å². The number of nitrogens with zero attached hydrogens (tertiary/aromatic N) is 2. The van der Waals surface area contributed by atoms with E-state index >= 15 is 0 Å². The number of carboxylic acid groups (broad SMARTS) is 2. The molecule has 2 aromatic carbocycles. The summed E-state index contributed by atoms with van der Waals surface area (Å²) in [6.45, 7) is 8.93. The molecular formula is C21H25BrN2O4. The van der Waals surface area contributed by atoms with Crippen molar-refractivity contribution >= 4 is 27.9 Å². The summed E-state index contributed by atoms with van der Waals surface area (Å²) in [4.78, 5) is 23.3. The van der Waals surface area contributed by atoms with Crippen LogP contribution in [0.4, 0.5) is 0 Å². The van der Waals surface area contributed by atoms with E-state index in [1.165, 1.54) is 16.7 Å². The average molecular weight is 449 g/mol. The van der Waals surface area contributed by atoms with Gasteiger partial charge in [0.1, 0.15) is 0 Å². The van der Waals surface area contributed by atoms with Crippen molar-refractivity contribution in [1.82, 2.24) is 9.80 Å². The Morgan fingerprint density at radius 3 is 1.82 bits per heavy atom. The van der Waals surface area contributed by atoms with Crippen molar-refractivity contribution in [3.63, 3.8) is 0 Å². The first-order valence-corrected chi connectivity index (χ1v) is 9.83. The Morgan fingerprint density at radius 2 is 1.36 bits per heavy atom. The van der Waals surface area contributed by atoms with Gasteiger partial charge in [0.2, 0.25) is 0 Å². The van der Waals surface area contributed by atoms with Gasteiger partial charge < -0.3 is 10.2 Å². The molecule has 1 saturated heterocycles. The summed E-state index contributed by atoms with van der Waals surface area (Å²) in [5.41, 5.74) is 4.18. The van der Waals surface area contributed by atoms with Crippen LogP contribution in [-0.4, -0.2) is 58.1 Å². The quantitative estimate of drug-likeness (QED) is 0.698. The van der Waals surface area contributed by atoms with E-state index in [2.05, 4.69) is 81.2 Å². The minimum atomic E-state index is -1.82. The van der Waals surface area contributed by atoms with Crippen LogP contribution in [0.15, 0.2) is 53.0 Å². The molecule has 7 heteroatoms. The number of piperazine rings is 1. The van der Waals surface area contributed by atoms with Crippen LogP contribution >= 0.6 is 15.9 Å². The fraction of sp³-hybridized carbons (Fsp3) is 0.333. The smallest absolute Gasteiger partial charge is 0.414 e. The maximum absolute atomic E-state index is 9.10. The van der Waals surface area contributed by atoms with Gasteiger partial charge in [-0.05, 0) is 30.2 Å². The van der Waals surface area contributed by atoms with Gasteiger partial charge in [-0.3, -0.25) is 9.80 Å². The summed E-state index contributed by atoms with van der Waals surface area (Å²) in [7, 11) is 0. The fourth-order valence-corrected chi connectivity index (χ4v) is 3.29. The lowest BCUT2D eigenvalue weighted by Gasteiger charge is -2.34. The molecule has 0 saturated carbocycles. The number of benzene rings is 2. The molecule has 0 aliphatic carbocycles. The third kappa shape index (κ3) is 7.80. The lowest BCUT2D eigenvalue weighted by Crippen LogP contribution is -2.45. The average Bonchev–Trinajstić information content (AvgIpc) is 2.66. The summed E-state index contributed by atoms with van der Waals surface area (Å²) in [6.07, 6.45) is 0. The molecule has 1 aliphatic rings. The Labute approximate surface area is 173 Å². The van der Waals surface area contributed by atoms with Crippen LogP contribution in [0.5, 0.6) is 0 Å². The summed E-state index contributed by atoms with van der Waals surface area (Å²) < 4.78 is 1.15. The first kappa shape index (κ1) is 22.1. The summed E-state index contributed by atoms with van der Waals surface area (Å²) in [5, 5.41) is 14.8. The van der Waals surface area contributed by atoms with Crippen molar-refractivity contribution in [2.75, 3.05) is 26.2 Å². The third-order valence-electron chi connectivity index (χ3n) is 4.46. The first-order valence-electron chi connectivity index (χ1n) is 9.04. The highest BCUT2D eigenvalue weighted by Crippen LogP contribution is 2.15. The minimum absolute atomic E-state index is 1.06.